The highest BCUT2D eigenvalue weighted by Gasteiger charge is 2.30. The van der Waals surface area contributed by atoms with Crippen LogP contribution in [0.2, 0.25) is 0 Å². The van der Waals surface area contributed by atoms with E-state index < -0.39 is 21.1 Å². The first kappa shape index (κ1) is 76.9. The molecule has 0 spiro atoms. The van der Waals surface area contributed by atoms with Crippen LogP contribution < -0.4 is 16.4 Å². The second kappa shape index (κ2) is 35.8. The summed E-state index contributed by atoms with van der Waals surface area (Å²) in [7, 11) is -3.96. The zero-order valence-corrected chi connectivity index (χ0v) is 62.2. The molecule has 0 saturated carbocycles. The minimum atomic E-state index is -3.96. The number of hydrogen-bond donors (Lipinski definition) is 5. The van der Waals surface area contributed by atoms with Gasteiger partial charge in [-0.1, -0.05) is 115 Å². The summed E-state index contributed by atoms with van der Waals surface area (Å²) in [4.78, 5) is 52.0. The predicted molar refractivity (Wildman–Crippen MR) is 421 cm³/mol. The maximum Gasteiger partial charge on any atom is 0.355 e. The molecular weight excluding hydrogens is 1420 g/mol. The zero-order chi connectivity index (χ0) is 76.7. The van der Waals surface area contributed by atoms with Crippen molar-refractivity contribution in [3.05, 3.63) is 251 Å². The van der Waals surface area contributed by atoms with Crippen LogP contribution in [0.5, 0.6) is 0 Å². The van der Waals surface area contributed by atoms with Gasteiger partial charge in [0.2, 0.25) is 0 Å². The maximum atomic E-state index is 11.8. The number of hydrogen-bond acceptors (Lipinski definition) is 18. The number of nitrogens with zero attached hydrogens (tertiary/aromatic N) is 9. The highest BCUT2D eigenvalue weighted by atomic mass is 32.2. The number of esters is 2. The summed E-state index contributed by atoms with van der Waals surface area (Å²) in [5.74, 6) is -0.657. The number of nitriles is 1. The molecule has 110 heavy (non-hydrogen) atoms. The van der Waals surface area contributed by atoms with E-state index >= 15 is 0 Å². The largest absolute Gasteiger partial charge is 0.461 e. The van der Waals surface area contributed by atoms with Crippen molar-refractivity contribution in [2.45, 2.75) is 89.4 Å². The third-order valence-corrected chi connectivity index (χ3v) is 20.8. The van der Waals surface area contributed by atoms with Gasteiger partial charge in [-0.25, -0.2) is 9.59 Å². The number of aliphatic hydroxyl groups excluding tert-OH is 1. The zero-order valence-electron chi connectivity index (χ0n) is 61.4. The number of para-hydroxylation sites is 6. The van der Waals surface area contributed by atoms with Crippen LogP contribution >= 0.6 is 0 Å². The number of nitro benzene ring substituents is 1. The van der Waals surface area contributed by atoms with Crippen molar-refractivity contribution in [3.8, 4) is 6.07 Å². The Bertz CT molecular complexity index is 5530. The Kier molecular flexibility index (Phi) is 25.0. The number of epoxide rings is 2. The molecule has 0 radical (unpaired) electrons. The Labute approximate surface area is 635 Å². The van der Waals surface area contributed by atoms with Crippen molar-refractivity contribution >= 4 is 99.1 Å². The molecule has 0 bridgehead atoms. The van der Waals surface area contributed by atoms with Crippen molar-refractivity contribution in [2.75, 3.05) is 78.8 Å². The lowest BCUT2D eigenvalue weighted by molar-refractivity contribution is -0.385. The van der Waals surface area contributed by atoms with E-state index in [2.05, 4.69) is 147 Å². The number of nitrogens with two attached hydrogens (primary N) is 1. The molecule has 7 aromatic carbocycles. The van der Waals surface area contributed by atoms with Gasteiger partial charge in [-0.2, -0.15) is 13.7 Å². The van der Waals surface area contributed by atoms with Gasteiger partial charge in [0, 0.05) is 170 Å². The molecule has 3 atom stereocenters. The number of non-ortho nitro benzene ring substituents is 1. The van der Waals surface area contributed by atoms with Crippen LogP contribution in [-0.4, -0.2) is 171 Å². The molecule has 3 unspecified atom stereocenters. The third-order valence-electron chi connectivity index (χ3n) is 19.5. The molecule has 6 aromatic heterocycles. The van der Waals surface area contributed by atoms with Gasteiger partial charge in [0.05, 0.1) is 56.2 Å². The average molecular weight is 1510 g/mol. The van der Waals surface area contributed by atoms with E-state index in [4.69, 9.17) is 34.1 Å². The lowest BCUT2D eigenvalue weighted by Gasteiger charge is -2.30. The number of H-pyrrole nitrogens is 1. The van der Waals surface area contributed by atoms with Gasteiger partial charge in [0.25, 0.3) is 21.7 Å². The fraction of sp³-hybridized carbons (Fsp3) is 0.301. The number of nitro groups is 1. The van der Waals surface area contributed by atoms with E-state index in [1.807, 2.05) is 72.8 Å². The molecule has 12 heterocycles. The standard InChI is InChI=1S/C14H19N3O.C14H16N2O.C13H12N2O2.C11H10N2O.C11H12N2.C11H11NO2.C9H9NO6S/c15-8-13(18)10-16-5-6-17-12(9-16)7-11-3-1-2-4-14(11)17;1-2-4-14-11(3-1)7-12-8-15(5-6-16(12)14)9-13-10-17-13;1-2-17-13(16)12-9-10-5-3-4-6-11(10)15(12)8-7-14;14-11-10-7-8-3-1-2-4-9(8)13(10)6-5-12-11;1-2-4-11-9(3-1)7-10-8-12-5-6-13(10)11;1-2-14-11(13)10-7-8-5-3-4-6-9(8)12-10;11-10(12)7-2-1-3-9(4-7)17(13,14)16-6-8-5-15-8/h1-4,7,13,18H,5-6,8-10,15H2;1-4,7,13H,5-6,8-10H2;3-6,9H,2,8H2,1H3;1-4,7H,5-6H2,(H,12,14);1-4,7,12H,5-6,8H2;3-7,12H,2H2,1H3;1-4,8H,5-6H2. The summed E-state index contributed by atoms with van der Waals surface area (Å²) in [5, 5.41) is 42.3. The normalized spacial score (nSPS) is 16.3. The van der Waals surface area contributed by atoms with Crippen LogP contribution in [0, 0.1) is 21.4 Å². The molecule has 6 aliphatic rings. The topological polar surface area (TPSA) is 322 Å². The first-order valence-corrected chi connectivity index (χ1v) is 38.3. The quantitative estimate of drug-likeness (QED) is 0.0209. The second-order valence-electron chi connectivity index (χ2n) is 27.0. The van der Waals surface area contributed by atoms with Crippen LogP contribution in [0.1, 0.15) is 62.4 Å². The highest BCUT2D eigenvalue weighted by Crippen LogP contribution is 2.29. The number of benzene rings is 7. The second-order valence-corrected chi connectivity index (χ2v) is 28.6. The fourth-order valence-electron chi connectivity index (χ4n) is 14.0. The minimum absolute atomic E-state index is 0.0347. The van der Waals surface area contributed by atoms with Crippen LogP contribution in [-0.2, 0) is 85.6 Å². The number of amides is 1. The first-order chi connectivity index (χ1) is 53.6. The smallest absolute Gasteiger partial charge is 0.355 e. The van der Waals surface area contributed by atoms with Gasteiger partial charge in [-0.3, -0.25) is 28.9 Å². The Balaban J connectivity index is 0.000000113. The molecule has 19 rings (SSSR count). The lowest BCUT2D eigenvalue weighted by atomic mass is 10.2. The van der Waals surface area contributed by atoms with Gasteiger partial charge in [0.15, 0.2) is 0 Å². The van der Waals surface area contributed by atoms with Gasteiger partial charge in [-0.05, 0) is 109 Å². The number of aromatic amines is 1. The monoisotopic (exact) mass is 1510 g/mol. The third kappa shape index (κ3) is 18.9. The number of fused-ring (bicyclic) bond motifs is 14. The predicted octanol–water partition coefficient (Wildman–Crippen LogP) is 11.1. The lowest BCUT2D eigenvalue weighted by Crippen LogP contribution is -2.40. The Morgan fingerprint density at radius 2 is 1.14 bits per heavy atom. The van der Waals surface area contributed by atoms with Gasteiger partial charge in [-0.15, -0.1) is 0 Å². The molecule has 2 fully saturated rings. The first-order valence-electron chi connectivity index (χ1n) is 36.9. The summed E-state index contributed by atoms with van der Waals surface area (Å²) in [6, 6.07) is 68.2. The van der Waals surface area contributed by atoms with Gasteiger partial charge < -0.3 is 68.2 Å². The van der Waals surface area contributed by atoms with Crippen LogP contribution in [0.3, 0.4) is 0 Å². The highest BCUT2D eigenvalue weighted by molar-refractivity contribution is 7.86. The molecule has 2 saturated heterocycles. The number of ether oxygens (including phenoxy) is 4. The summed E-state index contributed by atoms with van der Waals surface area (Å²) in [6.45, 7) is 18.8. The van der Waals surface area contributed by atoms with Gasteiger partial charge in [0.1, 0.15) is 34.6 Å². The van der Waals surface area contributed by atoms with Crippen LogP contribution in [0.4, 0.5) is 5.69 Å². The summed E-state index contributed by atoms with van der Waals surface area (Å²) < 4.78 is 58.9. The number of carbonyl (C=O) groups is 3. The Hall–Kier alpha value is -11.3. The molecule has 0 aliphatic carbocycles. The molecular formula is C83H89N13O13S. The van der Waals surface area contributed by atoms with E-state index in [-0.39, 0.29) is 47.7 Å². The number of aliphatic hydroxyl groups is 1. The van der Waals surface area contributed by atoms with Crippen molar-refractivity contribution in [3.63, 3.8) is 0 Å². The fourth-order valence-corrected chi connectivity index (χ4v) is 15.0. The summed E-state index contributed by atoms with van der Waals surface area (Å²) in [5.41, 5.74) is 18.1. The molecule has 6 aliphatic heterocycles. The molecule has 6 N–H and O–H groups in total. The van der Waals surface area contributed by atoms with Gasteiger partial charge >= 0.3 is 11.9 Å². The number of rotatable bonds is 15. The van der Waals surface area contributed by atoms with Crippen molar-refractivity contribution in [1.29, 1.82) is 5.26 Å². The van der Waals surface area contributed by atoms with Crippen molar-refractivity contribution in [2.24, 2.45) is 5.73 Å². The van der Waals surface area contributed by atoms with Crippen molar-refractivity contribution in [1.82, 2.24) is 48.3 Å². The molecule has 1 amide bonds. The van der Waals surface area contributed by atoms with Crippen LogP contribution in [0.15, 0.2) is 211 Å². The van der Waals surface area contributed by atoms with E-state index in [9.17, 15) is 38.0 Å². The maximum absolute atomic E-state index is 11.8. The minimum Gasteiger partial charge on any atom is -0.461 e. The molecule has 570 valence electrons. The Morgan fingerprint density at radius 3 is 1.72 bits per heavy atom. The SMILES string of the molecule is CCOC(=O)c1cc2ccccc2[nH]1.CCOC(=O)c1cc2ccccc2n1CC#N.NCC(O)CN1CCn2c(cc3ccccc32)C1.O=C1NCCn2c1cc1ccccc12.O=[N+]([O-])c1cccc(S(=O)(=O)OCC2CO2)c1.c1ccc2c(c1)cc1n2CCN(CC2CO2)C1.c1ccc2c(c1)cc1n2CCNC1. The number of β-amino-alcohol motifs (C(OH)–C–C–N with tert-alkyl or cyclic N) is 1. The van der Waals surface area contributed by atoms with Crippen LogP contribution in [0.25, 0.3) is 65.4 Å². The van der Waals surface area contributed by atoms with Crippen molar-refractivity contribution < 1.29 is 56.0 Å². The summed E-state index contributed by atoms with van der Waals surface area (Å²) in [6.07, 6.45) is -0.102. The average Bonchev–Trinajstić information content (AvgIpc) is 1.66. The molecule has 26 nitrogen and oxygen atoms in total. The van der Waals surface area contributed by atoms with E-state index in [1.165, 1.54) is 68.0 Å². The molecule has 13 aromatic rings. The Morgan fingerprint density at radius 1 is 0.618 bits per heavy atom. The number of nitrogens with one attached hydrogen (secondary N) is 3. The number of aromatic nitrogens is 6. The molecule has 27 heteroatoms. The van der Waals surface area contributed by atoms with E-state index in [0.717, 1.165) is 130 Å². The number of carbonyl (C=O) groups excluding carboxylic acids is 3. The van der Waals surface area contributed by atoms with E-state index in [1.54, 1.807) is 30.5 Å². The summed E-state index contributed by atoms with van der Waals surface area (Å²) >= 11 is 0. The van der Waals surface area contributed by atoms with E-state index in [0.29, 0.717) is 50.4 Å².